The van der Waals surface area contributed by atoms with Crippen molar-refractivity contribution in [1.29, 1.82) is 0 Å². The summed E-state index contributed by atoms with van der Waals surface area (Å²) in [6.07, 6.45) is 4.13. The highest BCUT2D eigenvalue weighted by molar-refractivity contribution is 5.76. The number of rotatable bonds is 7. The SMILES string of the molecule is Cc1nc2ncnn2c(C)c1CCC(=O)NCC(c1ccco1)N(C)C. The molecule has 138 valence electrons. The van der Waals surface area contributed by atoms with Gasteiger partial charge in [-0.2, -0.15) is 10.1 Å². The number of carbonyl (C=O) groups is 1. The van der Waals surface area contributed by atoms with Crippen molar-refractivity contribution in [2.24, 2.45) is 0 Å². The Balaban J connectivity index is 1.61. The maximum absolute atomic E-state index is 12.3. The molecule has 3 aromatic rings. The fraction of sp³-hybridized carbons (Fsp3) is 0.444. The van der Waals surface area contributed by atoms with Gasteiger partial charge in [0.1, 0.15) is 12.1 Å². The average Bonchev–Trinajstić information content (AvgIpc) is 3.26. The molecule has 0 radical (unpaired) electrons. The van der Waals surface area contributed by atoms with Gasteiger partial charge in [0, 0.05) is 24.4 Å². The van der Waals surface area contributed by atoms with Gasteiger partial charge in [-0.3, -0.25) is 9.69 Å². The van der Waals surface area contributed by atoms with Crippen LogP contribution in [0, 0.1) is 13.8 Å². The molecule has 0 fully saturated rings. The first-order chi connectivity index (χ1) is 12.5. The molecular formula is C18H24N6O2. The van der Waals surface area contributed by atoms with Crippen molar-refractivity contribution in [2.75, 3.05) is 20.6 Å². The second-order valence-corrected chi connectivity index (χ2v) is 6.53. The Morgan fingerprint density at radius 1 is 1.38 bits per heavy atom. The first kappa shape index (κ1) is 18.1. The zero-order valence-electron chi connectivity index (χ0n) is 15.6. The molecule has 1 atom stereocenters. The van der Waals surface area contributed by atoms with Crippen LogP contribution in [0.25, 0.3) is 5.78 Å². The number of carbonyl (C=O) groups excluding carboxylic acids is 1. The van der Waals surface area contributed by atoms with E-state index in [2.05, 4.69) is 20.4 Å². The molecule has 0 saturated carbocycles. The molecule has 0 spiro atoms. The van der Waals surface area contributed by atoms with Crippen LogP contribution in [0.4, 0.5) is 0 Å². The van der Waals surface area contributed by atoms with Crippen LogP contribution >= 0.6 is 0 Å². The Hall–Kier alpha value is -2.74. The van der Waals surface area contributed by atoms with Crippen LogP contribution in [-0.4, -0.2) is 51.0 Å². The lowest BCUT2D eigenvalue weighted by Gasteiger charge is -2.22. The highest BCUT2D eigenvalue weighted by Gasteiger charge is 2.18. The summed E-state index contributed by atoms with van der Waals surface area (Å²) in [4.78, 5) is 22.9. The summed E-state index contributed by atoms with van der Waals surface area (Å²) >= 11 is 0. The monoisotopic (exact) mass is 356 g/mol. The number of amides is 1. The van der Waals surface area contributed by atoms with E-state index in [4.69, 9.17) is 4.42 Å². The Labute approximate surface area is 152 Å². The number of likely N-dealkylation sites (N-methyl/N-ethyl adjacent to an activating group) is 1. The second kappa shape index (κ2) is 7.65. The lowest BCUT2D eigenvalue weighted by atomic mass is 10.1. The maximum Gasteiger partial charge on any atom is 0.252 e. The number of nitrogens with one attached hydrogen (secondary N) is 1. The van der Waals surface area contributed by atoms with Crippen LogP contribution in [0.5, 0.6) is 0 Å². The first-order valence-electron chi connectivity index (χ1n) is 8.59. The smallest absolute Gasteiger partial charge is 0.252 e. The quantitative estimate of drug-likeness (QED) is 0.693. The predicted octanol–water partition coefficient (Wildman–Crippen LogP) is 1.69. The highest BCUT2D eigenvalue weighted by atomic mass is 16.3. The number of hydrogen-bond donors (Lipinski definition) is 1. The van der Waals surface area contributed by atoms with Gasteiger partial charge in [0.15, 0.2) is 0 Å². The van der Waals surface area contributed by atoms with E-state index in [0.717, 1.165) is 22.7 Å². The number of aryl methyl sites for hydroxylation is 2. The lowest BCUT2D eigenvalue weighted by Crippen LogP contribution is -2.34. The predicted molar refractivity (Wildman–Crippen MR) is 96.7 cm³/mol. The Kier molecular flexibility index (Phi) is 5.32. The molecule has 0 aliphatic rings. The average molecular weight is 356 g/mol. The van der Waals surface area contributed by atoms with E-state index < -0.39 is 0 Å². The molecule has 8 heteroatoms. The van der Waals surface area contributed by atoms with Crippen LogP contribution in [0.1, 0.15) is 35.2 Å². The third-order valence-electron chi connectivity index (χ3n) is 4.58. The van der Waals surface area contributed by atoms with Gasteiger partial charge >= 0.3 is 0 Å². The first-order valence-corrected chi connectivity index (χ1v) is 8.59. The summed E-state index contributed by atoms with van der Waals surface area (Å²) in [5.41, 5.74) is 2.89. The van der Waals surface area contributed by atoms with E-state index in [-0.39, 0.29) is 11.9 Å². The Morgan fingerprint density at radius 3 is 2.88 bits per heavy atom. The zero-order chi connectivity index (χ0) is 18.7. The molecule has 0 aliphatic heterocycles. The highest BCUT2D eigenvalue weighted by Crippen LogP contribution is 2.18. The van der Waals surface area contributed by atoms with Crippen molar-refractivity contribution in [3.05, 3.63) is 47.4 Å². The molecule has 3 aromatic heterocycles. The largest absolute Gasteiger partial charge is 0.468 e. The number of nitrogens with zero attached hydrogens (tertiary/aromatic N) is 5. The minimum absolute atomic E-state index is 0.000827. The molecule has 3 heterocycles. The Bertz CT molecular complexity index is 885. The van der Waals surface area contributed by atoms with Crippen molar-refractivity contribution in [2.45, 2.75) is 32.7 Å². The van der Waals surface area contributed by atoms with Crippen molar-refractivity contribution < 1.29 is 9.21 Å². The minimum atomic E-state index is 0.000827. The second-order valence-electron chi connectivity index (χ2n) is 6.53. The third-order valence-corrected chi connectivity index (χ3v) is 4.58. The molecule has 1 amide bonds. The number of fused-ring (bicyclic) bond motifs is 1. The van der Waals surface area contributed by atoms with Crippen LogP contribution in [0.2, 0.25) is 0 Å². The fourth-order valence-electron chi connectivity index (χ4n) is 3.07. The van der Waals surface area contributed by atoms with Gasteiger partial charge in [-0.1, -0.05) is 0 Å². The molecule has 0 aliphatic carbocycles. The van der Waals surface area contributed by atoms with Gasteiger partial charge in [0.2, 0.25) is 5.91 Å². The molecule has 1 N–H and O–H groups in total. The van der Waals surface area contributed by atoms with Gasteiger partial charge in [-0.05, 0) is 52.1 Å². The third kappa shape index (κ3) is 3.75. The van der Waals surface area contributed by atoms with Gasteiger partial charge in [0.05, 0.1) is 12.3 Å². The van der Waals surface area contributed by atoms with E-state index >= 15 is 0 Å². The van der Waals surface area contributed by atoms with Crippen LogP contribution in [-0.2, 0) is 11.2 Å². The maximum atomic E-state index is 12.3. The number of furan rings is 1. The standard InChI is InChI=1S/C18H24N6O2/c1-12-14(13(2)24-18(22-12)20-11-21-24)7-8-17(25)19-10-15(23(3)4)16-6-5-9-26-16/h5-6,9,11,15H,7-8,10H2,1-4H3,(H,19,25). The van der Waals surface area contributed by atoms with E-state index in [9.17, 15) is 4.79 Å². The summed E-state index contributed by atoms with van der Waals surface area (Å²) in [5, 5.41) is 7.18. The van der Waals surface area contributed by atoms with Gasteiger partial charge in [-0.25, -0.2) is 9.50 Å². The molecule has 26 heavy (non-hydrogen) atoms. The lowest BCUT2D eigenvalue weighted by molar-refractivity contribution is -0.121. The van der Waals surface area contributed by atoms with Crippen LogP contribution in [0.15, 0.2) is 29.1 Å². The molecule has 3 rings (SSSR count). The topological polar surface area (TPSA) is 88.6 Å². The van der Waals surface area contributed by atoms with E-state index in [0.29, 0.717) is 25.2 Å². The number of hydrogen-bond acceptors (Lipinski definition) is 6. The fourth-order valence-corrected chi connectivity index (χ4v) is 3.07. The van der Waals surface area contributed by atoms with E-state index in [1.54, 1.807) is 10.8 Å². The summed E-state index contributed by atoms with van der Waals surface area (Å²) in [6.45, 7) is 4.41. The Morgan fingerprint density at radius 2 is 2.19 bits per heavy atom. The van der Waals surface area contributed by atoms with Gasteiger partial charge in [0.25, 0.3) is 5.78 Å². The van der Waals surface area contributed by atoms with E-state index in [1.807, 2.05) is 45.0 Å². The summed E-state index contributed by atoms with van der Waals surface area (Å²) < 4.78 is 7.17. The number of aromatic nitrogens is 4. The van der Waals surface area contributed by atoms with Crippen LogP contribution in [0.3, 0.4) is 0 Å². The van der Waals surface area contributed by atoms with Gasteiger partial charge in [-0.15, -0.1) is 0 Å². The molecule has 0 aromatic carbocycles. The van der Waals surface area contributed by atoms with Crippen molar-refractivity contribution in [3.8, 4) is 0 Å². The van der Waals surface area contributed by atoms with Crippen molar-refractivity contribution in [1.82, 2.24) is 29.8 Å². The molecule has 0 saturated heterocycles. The van der Waals surface area contributed by atoms with Crippen molar-refractivity contribution >= 4 is 11.7 Å². The molecule has 1 unspecified atom stereocenters. The molecule has 8 nitrogen and oxygen atoms in total. The van der Waals surface area contributed by atoms with Crippen molar-refractivity contribution in [3.63, 3.8) is 0 Å². The zero-order valence-corrected chi connectivity index (χ0v) is 15.6. The van der Waals surface area contributed by atoms with Gasteiger partial charge < -0.3 is 9.73 Å². The van der Waals surface area contributed by atoms with Crippen LogP contribution < -0.4 is 5.32 Å². The molecular weight excluding hydrogens is 332 g/mol. The summed E-state index contributed by atoms with van der Waals surface area (Å²) in [6, 6.07) is 3.78. The normalized spacial score (nSPS) is 12.7. The molecule has 0 bridgehead atoms. The summed E-state index contributed by atoms with van der Waals surface area (Å²) in [5.74, 6) is 1.42. The van der Waals surface area contributed by atoms with E-state index in [1.165, 1.54) is 6.33 Å². The minimum Gasteiger partial charge on any atom is -0.468 e. The summed E-state index contributed by atoms with van der Waals surface area (Å²) in [7, 11) is 3.93.